The van der Waals surface area contributed by atoms with Crippen LogP contribution < -0.4 is 15.4 Å². The second-order valence-corrected chi connectivity index (χ2v) is 6.78. The Balaban J connectivity index is 1.55. The summed E-state index contributed by atoms with van der Waals surface area (Å²) in [5.74, 6) is 0.242. The van der Waals surface area contributed by atoms with Crippen molar-refractivity contribution in [1.29, 1.82) is 0 Å². The first kappa shape index (κ1) is 22.2. The molecule has 0 radical (unpaired) electrons. The maximum absolute atomic E-state index is 12.9. The normalized spacial score (nSPS) is 11.0. The van der Waals surface area contributed by atoms with Gasteiger partial charge in [-0.2, -0.15) is 13.2 Å². The maximum Gasteiger partial charge on any atom is 0.417 e. The van der Waals surface area contributed by atoms with Crippen molar-refractivity contribution in [2.24, 2.45) is 0 Å². The number of rotatable bonds is 6. The second kappa shape index (κ2) is 9.53. The number of anilines is 2. The van der Waals surface area contributed by atoms with Gasteiger partial charge in [0.05, 0.1) is 10.6 Å². The van der Waals surface area contributed by atoms with Crippen molar-refractivity contribution in [3.8, 4) is 5.75 Å². The van der Waals surface area contributed by atoms with Gasteiger partial charge in [0.15, 0.2) is 12.4 Å². The van der Waals surface area contributed by atoms with Gasteiger partial charge in [0.1, 0.15) is 5.75 Å². The highest BCUT2D eigenvalue weighted by Gasteiger charge is 2.33. The predicted molar refractivity (Wildman–Crippen MR) is 112 cm³/mol. The van der Waals surface area contributed by atoms with Crippen LogP contribution in [0, 0.1) is 0 Å². The van der Waals surface area contributed by atoms with Crippen LogP contribution in [0.4, 0.5) is 29.3 Å². The molecule has 0 saturated heterocycles. The number of hydrogen-bond acceptors (Lipinski definition) is 3. The lowest BCUT2D eigenvalue weighted by molar-refractivity contribution is -0.137. The summed E-state index contributed by atoms with van der Waals surface area (Å²) in [7, 11) is 0. The third-order valence-electron chi connectivity index (χ3n) is 4.11. The van der Waals surface area contributed by atoms with Gasteiger partial charge in [0.2, 0.25) is 0 Å². The molecule has 2 N–H and O–H groups in total. The molecule has 0 aliphatic carbocycles. The van der Waals surface area contributed by atoms with Gasteiger partial charge in [-0.15, -0.1) is 0 Å². The summed E-state index contributed by atoms with van der Waals surface area (Å²) in [5.41, 5.74) is -0.190. The molecule has 0 unspecified atom stereocenters. The number of Topliss-reactive ketones (excluding diaryl/α,β-unsaturated/α-hetero) is 1. The van der Waals surface area contributed by atoms with E-state index in [9.17, 15) is 22.8 Å². The van der Waals surface area contributed by atoms with E-state index in [1.165, 1.54) is 18.2 Å². The SMILES string of the molecule is O=C(Nc1ccc(OCC(=O)c2ccccc2)cc1)Nc1ccc(Cl)c(C(F)(F)F)c1. The van der Waals surface area contributed by atoms with Gasteiger partial charge in [-0.3, -0.25) is 4.79 Å². The van der Waals surface area contributed by atoms with Crippen molar-refractivity contribution in [2.45, 2.75) is 6.18 Å². The van der Waals surface area contributed by atoms with Crippen LogP contribution in [-0.2, 0) is 6.18 Å². The summed E-state index contributed by atoms with van der Waals surface area (Å²) in [6, 6.07) is 17.2. The first-order chi connectivity index (χ1) is 14.7. The molecule has 3 rings (SSSR count). The standard InChI is InChI=1S/C22H16ClF3N2O3/c23-19-11-8-16(12-18(19)22(24,25)26)28-21(30)27-15-6-9-17(10-7-15)31-13-20(29)14-4-2-1-3-5-14/h1-12H,13H2,(H2,27,28,30). The molecule has 5 nitrogen and oxygen atoms in total. The van der Waals surface area contributed by atoms with Crippen LogP contribution in [0.25, 0.3) is 0 Å². The van der Waals surface area contributed by atoms with E-state index in [1.54, 1.807) is 36.4 Å². The minimum Gasteiger partial charge on any atom is -0.485 e. The van der Waals surface area contributed by atoms with Gasteiger partial charge in [-0.1, -0.05) is 41.9 Å². The van der Waals surface area contributed by atoms with Gasteiger partial charge in [0, 0.05) is 16.9 Å². The van der Waals surface area contributed by atoms with E-state index in [0.29, 0.717) is 17.0 Å². The Labute approximate surface area is 180 Å². The third kappa shape index (κ3) is 6.23. The summed E-state index contributed by atoms with van der Waals surface area (Å²) in [6.07, 6.45) is -4.64. The molecule has 3 aromatic carbocycles. The van der Waals surface area contributed by atoms with Crippen LogP contribution in [0.15, 0.2) is 72.8 Å². The zero-order valence-electron chi connectivity index (χ0n) is 15.9. The van der Waals surface area contributed by atoms with Crippen molar-refractivity contribution in [1.82, 2.24) is 0 Å². The van der Waals surface area contributed by atoms with Crippen LogP contribution in [-0.4, -0.2) is 18.4 Å². The van der Waals surface area contributed by atoms with Crippen LogP contribution in [0.2, 0.25) is 5.02 Å². The largest absolute Gasteiger partial charge is 0.485 e. The van der Waals surface area contributed by atoms with Crippen molar-refractivity contribution >= 4 is 34.8 Å². The number of ether oxygens (including phenoxy) is 1. The molecule has 31 heavy (non-hydrogen) atoms. The van der Waals surface area contributed by atoms with Crippen LogP contribution in [0.3, 0.4) is 0 Å². The molecule has 0 atom stereocenters. The van der Waals surface area contributed by atoms with Gasteiger partial charge in [0.25, 0.3) is 0 Å². The zero-order chi connectivity index (χ0) is 22.4. The number of halogens is 4. The van der Waals surface area contributed by atoms with E-state index in [1.807, 2.05) is 6.07 Å². The Morgan fingerprint density at radius 1 is 0.871 bits per heavy atom. The van der Waals surface area contributed by atoms with Gasteiger partial charge in [-0.05, 0) is 42.5 Å². The minimum atomic E-state index is -4.64. The first-order valence-electron chi connectivity index (χ1n) is 8.98. The number of hydrogen-bond donors (Lipinski definition) is 2. The van der Waals surface area contributed by atoms with Crippen molar-refractivity contribution in [2.75, 3.05) is 17.2 Å². The summed E-state index contributed by atoms with van der Waals surface area (Å²) in [4.78, 5) is 24.1. The number of carbonyl (C=O) groups is 2. The summed E-state index contributed by atoms with van der Waals surface area (Å²) < 4.78 is 44.2. The first-order valence-corrected chi connectivity index (χ1v) is 9.36. The van der Waals surface area contributed by atoms with Crippen molar-refractivity contribution < 1.29 is 27.5 Å². The number of ketones is 1. The highest BCUT2D eigenvalue weighted by molar-refractivity contribution is 6.31. The maximum atomic E-state index is 12.9. The lowest BCUT2D eigenvalue weighted by Gasteiger charge is -2.12. The molecule has 0 fully saturated rings. The van der Waals surface area contributed by atoms with E-state index in [2.05, 4.69) is 10.6 Å². The van der Waals surface area contributed by atoms with E-state index >= 15 is 0 Å². The molecule has 0 spiro atoms. The number of carbonyl (C=O) groups excluding carboxylic acids is 2. The Morgan fingerprint density at radius 3 is 2.13 bits per heavy atom. The van der Waals surface area contributed by atoms with Crippen molar-refractivity contribution in [3.05, 3.63) is 88.9 Å². The Bertz CT molecular complexity index is 1070. The van der Waals surface area contributed by atoms with Crippen molar-refractivity contribution in [3.63, 3.8) is 0 Å². The molecule has 0 aliphatic rings. The highest BCUT2D eigenvalue weighted by Crippen LogP contribution is 2.36. The zero-order valence-corrected chi connectivity index (χ0v) is 16.6. The smallest absolute Gasteiger partial charge is 0.417 e. The lowest BCUT2D eigenvalue weighted by Crippen LogP contribution is -2.20. The summed E-state index contributed by atoms with van der Waals surface area (Å²) >= 11 is 5.56. The number of urea groups is 1. The molecular weight excluding hydrogens is 433 g/mol. The second-order valence-electron chi connectivity index (χ2n) is 6.37. The fraction of sp³-hybridized carbons (Fsp3) is 0.0909. The van der Waals surface area contributed by atoms with E-state index in [0.717, 1.165) is 12.1 Å². The Hall–Kier alpha value is -3.52. The number of amides is 2. The molecule has 3 aromatic rings. The predicted octanol–water partition coefficient (Wildman–Crippen LogP) is 6.26. The highest BCUT2D eigenvalue weighted by atomic mass is 35.5. The molecule has 2 amide bonds. The molecule has 0 aromatic heterocycles. The molecular formula is C22H16ClF3N2O3. The molecule has 160 valence electrons. The van der Waals surface area contributed by atoms with E-state index < -0.39 is 22.8 Å². The topological polar surface area (TPSA) is 67.4 Å². The molecule has 0 heterocycles. The molecule has 9 heteroatoms. The Morgan fingerprint density at radius 2 is 1.48 bits per heavy atom. The van der Waals surface area contributed by atoms with Crippen LogP contribution in [0.5, 0.6) is 5.75 Å². The molecule has 0 bridgehead atoms. The van der Waals surface area contributed by atoms with Gasteiger partial charge >= 0.3 is 12.2 Å². The molecule has 0 aliphatic heterocycles. The number of nitrogens with one attached hydrogen (secondary N) is 2. The quantitative estimate of drug-likeness (QED) is 0.437. The average Bonchev–Trinajstić information content (AvgIpc) is 2.74. The number of alkyl halides is 3. The molecule has 0 saturated carbocycles. The van der Waals surface area contributed by atoms with Gasteiger partial charge < -0.3 is 15.4 Å². The lowest BCUT2D eigenvalue weighted by atomic mass is 10.1. The Kier molecular flexibility index (Phi) is 6.81. The van der Waals surface area contributed by atoms with Crippen LogP contribution >= 0.6 is 11.6 Å². The minimum absolute atomic E-state index is 0.0615. The number of benzene rings is 3. The summed E-state index contributed by atoms with van der Waals surface area (Å²) in [5, 5.41) is 4.35. The summed E-state index contributed by atoms with van der Waals surface area (Å²) in [6.45, 7) is -0.143. The fourth-order valence-corrected chi connectivity index (χ4v) is 2.83. The van der Waals surface area contributed by atoms with Gasteiger partial charge in [-0.25, -0.2) is 4.79 Å². The van der Waals surface area contributed by atoms with E-state index in [4.69, 9.17) is 16.3 Å². The van der Waals surface area contributed by atoms with Crippen LogP contribution in [0.1, 0.15) is 15.9 Å². The average molecular weight is 449 g/mol. The van der Waals surface area contributed by atoms with E-state index in [-0.39, 0.29) is 18.1 Å². The third-order valence-corrected chi connectivity index (χ3v) is 4.44. The monoisotopic (exact) mass is 448 g/mol. The fourth-order valence-electron chi connectivity index (χ4n) is 2.60.